The number of pyridine rings is 1. The van der Waals surface area contributed by atoms with Crippen LogP contribution < -0.4 is 5.32 Å². The summed E-state index contributed by atoms with van der Waals surface area (Å²) in [6, 6.07) is 10.8. The van der Waals surface area contributed by atoms with Gasteiger partial charge in [-0.3, -0.25) is 4.79 Å². The van der Waals surface area contributed by atoms with Gasteiger partial charge in [-0.2, -0.15) is 0 Å². The SMILES string of the molecule is O=C1NC(=S)S/C1=C\c1cccc(-c2cc(Cl)cc(Cl)c2)n1. The molecule has 2 aromatic rings. The Hall–Kier alpha value is -1.40. The van der Waals surface area contributed by atoms with Gasteiger partial charge in [0.05, 0.1) is 16.3 Å². The lowest BCUT2D eigenvalue weighted by Crippen LogP contribution is -2.17. The molecule has 2 heterocycles. The smallest absolute Gasteiger partial charge is 0.263 e. The molecule has 110 valence electrons. The molecule has 0 bridgehead atoms. The van der Waals surface area contributed by atoms with Gasteiger partial charge in [-0.25, -0.2) is 4.98 Å². The molecule has 7 heteroatoms. The van der Waals surface area contributed by atoms with Gasteiger partial charge in [0.1, 0.15) is 4.32 Å². The van der Waals surface area contributed by atoms with Crippen molar-refractivity contribution in [3.63, 3.8) is 0 Å². The van der Waals surface area contributed by atoms with Gasteiger partial charge in [-0.05, 0) is 36.4 Å². The molecule has 1 N–H and O–H groups in total. The summed E-state index contributed by atoms with van der Waals surface area (Å²) in [7, 11) is 0. The monoisotopic (exact) mass is 366 g/mol. The molecule has 1 amide bonds. The maximum absolute atomic E-state index is 11.7. The fourth-order valence-corrected chi connectivity index (χ4v) is 3.50. The number of carbonyl (C=O) groups excluding carboxylic acids is 1. The van der Waals surface area contributed by atoms with Crippen molar-refractivity contribution in [2.45, 2.75) is 0 Å². The van der Waals surface area contributed by atoms with Gasteiger partial charge < -0.3 is 5.32 Å². The van der Waals surface area contributed by atoms with E-state index in [-0.39, 0.29) is 5.91 Å². The fourth-order valence-electron chi connectivity index (χ4n) is 1.95. The highest BCUT2D eigenvalue weighted by molar-refractivity contribution is 8.26. The topological polar surface area (TPSA) is 42.0 Å². The molecule has 3 nitrogen and oxygen atoms in total. The highest BCUT2D eigenvalue weighted by atomic mass is 35.5. The van der Waals surface area contributed by atoms with Crippen molar-refractivity contribution in [2.75, 3.05) is 0 Å². The molecular formula is C15H8Cl2N2OS2. The number of nitrogens with zero attached hydrogens (tertiary/aromatic N) is 1. The van der Waals surface area contributed by atoms with Crippen LogP contribution >= 0.6 is 47.2 Å². The molecule has 0 spiro atoms. The Kier molecular flexibility index (Phi) is 4.49. The third-order valence-corrected chi connectivity index (χ3v) is 4.45. The van der Waals surface area contributed by atoms with E-state index in [1.165, 1.54) is 11.8 Å². The largest absolute Gasteiger partial charge is 0.307 e. The normalized spacial score (nSPS) is 16.2. The number of hydrogen-bond acceptors (Lipinski definition) is 4. The van der Waals surface area contributed by atoms with E-state index in [1.54, 1.807) is 24.3 Å². The molecular weight excluding hydrogens is 359 g/mol. The number of halogens is 2. The third kappa shape index (κ3) is 3.50. The van der Waals surface area contributed by atoms with Gasteiger partial charge in [-0.1, -0.05) is 53.2 Å². The molecule has 1 aliphatic rings. The van der Waals surface area contributed by atoms with Crippen LogP contribution in [0.25, 0.3) is 17.3 Å². The van der Waals surface area contributed by atoms with Crippen molar-refractivity contribution in [2.24, 2.45) is 0 Å². The predicted molar refractivity (Wildman–Crippen MR) is 96.0 cm³/mol. The van der Waals surface area contributed by atoms with Crippen LogP contribution in [0, 0.1) is 0 Å². The van der Waals surface area contributed by atoms with Crippen LogP contribution in [0.5, 0.6) is 0 Å². The Labute approximate surface area is 146 Å². The van der Waals surface area contributed by atoms with E-state index in [0.717, 1.165) is 11.3 Å². The molecule has 1 aromatic carbocycles. The average molecular weight is 367 g/mol. The highest BCUT2D eigenvalue weighted by Gasteiger charge is 2.22. The molecule has 0 unspecified atom stereocenters. The molecule has 0 saturated carbocycles. The summed E-state index contributed by atoms with van der Waals surface area (Å²) in [5.41, 5.74) is 2.21. The van der Waals surface area contributed by atoms with Crippen LogP contribution in [0.1, 0.15) is 5.69 Å². The number of nitrogens with one attached hydrogen (secondary N) is 1. The number of aromatic nitrogens is 1. The summed E-state index contributed by atoms with van der Waals surface area (Å²) < 4.78 is 0.453. The van der Waals surface area contributed by atoms with Crippen LogP contribution in [0.4, 0.5) is 0 Å². The average Bonchev–Trinajstić information content (AvgIpc) is 2.76. The summed E-state index contributed by atoms with van der Waals surface area (Å²) >= 11 is 18.2. The standard InChI is InChI=1S/C15H8Cl2N2OS2/c16-9-4-8(5-10(17)6-9)12-3-1-2-11(18-12)7-13-14(20)19-15(21)22-13/h1-7H,(H,19,20,21)/b13-7-. The minimum Gasteiger partial charge on any atom is -0.307 e. The van der Waals surface area contributed by atoms with E-state index >= 15 is 0 Å². The highest BCUT2D eigenvalue weighted by Crippen LogP contribution is 2.28. The van der Waals surface area contributed by atoms with Crippen LogP contribution in [0.15, 0.2) is 41.3 Å². The maximum Gasteiger partial charge on any atom is 0.263 e. The molecule has 3 rings (SSSR count). The Morgan fingerprint density at radius 2 is 1.91 bits per heavy atom. The summed E-state index contributed by atoms with van der Waals surface area (Å²) in [6.07, 6.45) is 1.70. The molecule has 0 aliphatic carbocycles. The van der Waals surface area contributed by atoms with Crippen molar-refractivity contribution in [1.29, 1.82) is 0 Å². The van der Waals surface area contributed by atoms with Crippen LogP contribution in [0.3, 0.4) is 0 Å². The molecule has 1 fully saturated rings. The summed E-state index contributed by atoms with van der Waals surface area (Å²) in [5.74, 6) is -0.201. The van der Waals surface area contributed by atoms with Gasteiger partial charge in [0.2, 0.25) is 0 Å². The zero-order chi connectivity index (χ0) is 15.7. The first-order valence-electron chi connectivity index (χ1n) is 6.20. The Bertz CT molecular complexity index is 801. The Morgan fingerprint density at radius 1 is 1.18 bits per heavy atom. The second-order valence-electron chi connectivity index (χ2n) is 4.46. The first-order chi connectivity index (χ1) is 10.5. The van der Waals surface area contributed by atoms with Gasteiger partial charge in [0.25, 0.3) is 5.91 Å². The van der Waals surface area contributed by atoms with Crippen LogP contribution in [-0.2, 0) is 4.79 Å². The number of rotatable bonds is 2. The van der Waals surface area contributed by atoms with E-state index in [9.17, 15) is 4.79 Å². The lowest BCUT2D eigenvalue weighted by molar-refractivity contribution is -0.115. The minimum atomic E-state index is -0.201. The minimum absolute atomic E-state index is 0.201. The summed E-state index contributed by atoms with van der Waals surface area (Å²) in [4.78, 5) is 16.7. The van der Waals surface area contributed by atoms with Gasteiger partial charge in [0.15, 0.2) is 0 Å². The molecule has 1 aromatic heterocycles. The number of benzene rings is 1. The molecule has 0 radical (unpaired) electrons. The Balaban J connectivity index is 1.98. The number of carbonyl (C=O) groups is 1. The lowest BCUT2D eigenvalue weighted by atomic mass is 10.1. The van der Waals surface area contributed by atoms with E-state index in [0.29, 0.717) is 25.0 Å². The zero-order valence-corrected chi connectivity index (χ0v) is 14.1. The maximum atomic E-state index is 11.7. The number of thioether (sulfide) groups is 1. The van der Waals surface area contributed by atoms with E-state index < -0.39 is 0 Å². The van der Waals surface area contributed by atoms with E-state index in [1.807, 2.05) is 18.2 Å². The molecule has 0 atom stereocenters. The first kappa shape index (κ1) is 15.5. The lowest BCUT2D eigenvalue weighted by Gasteiger charge is -2.04. The van der Waals surface area contributed by atoms with Gasteiger partial charge in [0, 0.05) is 15.6 Å². The quantitative estimate of drug-likeness (QED) is 0.625. The molecule has 1 aliphatic heterocycles. The second kappa shape index (κ2) is 6.38. The summed E-state index contributed by atoms with van der Waals surface area (Å²) in [5, 5.41) is 3.66. The zero-order valence-electron chi connectivity index (χ0n) is 11.0. The molecule has 22 heavy (non-hydrogen) atoms. The number of thiocarbonyl (C=S) groups is 1. The van der Waals surface area contributed by atoms with E-state index in [4.69, 9.17) is 35.4 Å². The van der Waals surface area contributed by atoms with Crippen molar-refractivity contribution >= 4 is 63.5 Å². The van der Waals surface area contributed by atoms with Gasteiger partial charge in [-0.15, -0.1) is 0 Å². The van der Waals surface area contributed by atoms with E-state index in [2.05, 4.69) is 10.3 Å². The van der Waals surface area contributed by atoms with Crippen LogP contribution in [-0.4, -0.2) is 15.2 Å². The second-order valence-corrected chi connectivity index (χ2v) is 7.05. The first-order valence-corrected chi connectivity index (χ1v) is 8.18. The van der Waals surface area contributed by atoms with Crippen molar-refractivity contribution < 1.29 is 4.79 Å². The predicted octanol–water partition coefficient (Wildman–Crippen LogP) is 4.54. The number of hydrogen-bond donors (Lipinski definition) is 1. The summed E-state index contributed by atoms with van der Waals surface area (Å²) in [6.45, 7) is 0. The fraction of sp³-hybridized carbons (Fsp3) is 0. The van der Waals surface area contributed by atoms with Crippen molar-refractivity contribution in [1.82, 2.24) is 10.3 Å². The van der Waals surface area contributed by atoms with Crippen LogP contribution in [0.2, 0.25) is 10.0 Å². The van der Waals surface area contributed by atoms with Gasteiger partial charge >= 0.3 is 0 Å². The Morgan fingerprint density at radius 3 is 2.55 bits per heavy atom. The van der Waals surface area contributed by atoms with Crippen molar-refractivity contribution in [3.8, 4) is 11.3 Å². The number of amides is 1. The third-order valence-electron chi connectivity index (χ3n) is 2.85. The molecule has 1 saturated heterocycles. The van der Waals surface area contributed by atoms with Crippen molar-refractivity contribution in [3.05, 3.63) is 57.0 Å².